The molecule has 0 saturated heterocycles. The fourth-order valence-corrected chi connectivity index (χ4v) is 1.48. The van der Waals surface area contributed by atoms with E-state index in [-0.39, 0.29) is 19.0 Å². The molecule has 1 N–H and O–H groups in total. The van der Waals surface area contributed by atoms with E-state index in [0.717, 1.165) is 0 Å². The van der Waals surface area contributed by atoms with Crippen LogP contribution in [0.3, 0.4) is 0 Å². The number of hydrogen-bond donors (Lipinski definition) is 1. The van der Waals surface area contributed by atoms with Crippen LogP contribution in [0.2, 0.25) is 0 Å². The lowest BCUT2D eigenvalue weighted by Crippen LogP contribution is -2.22. The van der Waals surface area contributed by atoms with Crippen LogP contribution in [0.25, 0.3) is 0 Å². The normalized spacial score (nSPS) is 10.3. The van der Waals surface area contributed by atoms with Crippen molar-refractivity contribution in [2.24, 2.45) is 0 Å². The highest BCUT2D eigenvalue weighted by atomic mass is 18.2. The summed E-state index contributed by atoms with van der Waals surface area (Å²) in [6.45, 7) is -0.0289. The highest BCUT2D eigenvalue weighted by molar-refractivity contribution is 5.93. The lowest BCUT2D eigenvalue weighted by Gasteiger charge is -2.02. The Kier molecular flexibility index (Phi) is 4.01. The van der Waals surface area contributed by atoms with Crippen LogP contribution in [0.1, 0.15) is 16.1 Å². The molecule has 0 fully saturated rings. The Morgan fingerprint density at radius 1 is 1.33 bits per heavy atom. The zero-order chi connectivity index (χ0) is 12.8. The van der Waals surface area contributed by atoms with Gasteiger partial charge in [-0.3, -0.25) is 4.79 Å². The number of rotatable bonds is 5. The highest BCUT2D eigenvalue weighted by Crippen LogP contribution is 1.99. The molecule has 5 nitrogen and oxygen atoms in total. The first-order chi connectivity index (χ1) is 8.79. The molecule has 0 radical (unpaired) electrons. The Morgan fingerprint density at radius 2 is 2.11 bits per heavy atom. The van der Waals surface area contributed by atoms with Crippen molar-refractivity contribution in [1.82, 2.24) is 20.3 Å². The standard InChI is InChI=1S/C12H13FN4O/c13-6-7-17-9-11(15-16-17)8-14-12(18)10-4-2-1-3-5-10/h1-5,9H,6-8H2,(H,14,18)/i13-1. The van der Waals surface area contributed by atoms with Crippen molar-refractivity contribution in [3.8, 4) is 0 Å². The highest BCUT2D eigenvalue weighted by Gasteiger charge is 2.06. The molecule has 6 heteroatoms. The SMILES string of the molecule is O=C(NCc1cn(CC[18F])nn1)c1ccccc1. The minimum atomic E-state index is -0.487. The van der Waals surface area contributed by atoms with Gasteiger partial charge in [0.05, 0.1) is 19.3 Å². The van der Waals surface area contributed by atoms with E-state index in [1.165, 1.54) is 4.68 Å². The molecule has 0 unspecified atom stereocenters. The molecule has 0 aliphatic rings. The smallest absolute Gasteiger partial charge is 0.251 e. The van der Waals surface area contributed by atoms with E-state index in [9.17, 15) is 9.18 Å². The van der Waals surface area contributed by atoms with Gasteiger partial charge in [0.25, 0.3) is 5.91 Å². The largest absolute Gasteiger partial charge is 0.346 e. The van der Waals surface area contributed by atoms with Crippen molar-refractivity contribution in [2.45, 2.75) is 13.1 Å². The number of nitrogens with one attached hydrogen (secondary N) is 1. The minimum absolute atomic E-state index is 0.171. The Labute approximate surface area is 104 Å². The maximum atomic E-state index is 12.1. The number of nitrogens with zero attached hydrogens (tertiary/aromatic N) is 3. The molecule has 0 spiro atoms. The summed E-state index contributed by atoms with van der Waals surface area (Å²) in [5, 5.41) is 10.3. The van der Waals surface area contributed by atoms with Gasteiger partial charge in [-0.2, -0.15) is 0 Å². The van der Waals surface area contributed by atoms with Gasteiger partial charge in [0, 0.05) is 5.56 Å². The van der Waals surface area contributed by atoms with Crippen LogP contribution in [-0.2, 0) is 13.1 Å². The molecule has 0 bridgehead atoms. The van der Waals surface area contributed by atoms with Gasteiger partial charge in [0.1, 0.15) is 12.4 Å². The first-order valence-electron chi connectivity index (χ1n) is 5.58. The van der Waals surface area contributed by atoms with Crippen LogP contribution in [0, 0.1) is 0 Å². The van der Waals surface area contributed by atoms with Crippen LogP contribution in [0.15, 0.2) is 36.5 Å². The minimum Gasteiger partial charge on any atom is -0.346 e. The summed E-state index contributed by atoms with van der Waals surface area (Å²) in [6.07, 6.45) is 1.62. The molecule has 0 aliphatic heterocycles. The Bertz CT molecular complexity index is 512. The van der Waals surface area contributed by atoms with Crippen molar-refractivity contribution in [3.63, 3.8) is 0 Å². The molecule has 0 atom stereocenters. The van der Waals surface area contributed by atoms with Gasteiger partial charge in [0.15, 0.2) is 0 Å². The van der Waals surface area contributed by atoms with Crippen molar-refractivity contribution in [1.29, 1.82) is 0 Å². The second-order valence-corrected chi connectivity index (χ2v) is 3.71. The van der Waals surface area contributed by atoms with E-state index in [0.29, 0.717) is 11.3 Å². The van der Waals surface area contributed by atoms with Gasteiger partial charge in [-0.25, -0.2) is 9.07 Å². The number of hydrogen-bond acceptors (Lipinski definition) is 3. The third kappa shape index (κ3) is 3.13. The summed E-state index contributed by atoms with van der Waals surface area (Å²) >= 11 is 0. The van der Waals surface area contributed by atoms with Gasteiger partial charge in [-0.1, -0.05) is 23.4 Å². The summed E-state index contributed by atoms with van der Waals surface area (Å²) in [5.41, 5.74) is 1.20. The molecule has 2 aromatic rings. The summed E-state index contributed by atoms with van der Waals surface area (Å²) in [7, 11) is 0. The van der Waals surface area contributed by atoms with E-state index >= 15 is 0 Å². The first-order valence-corrected chi connectivity index (χ1v) is 5.58. The summed E-state index contributed by atoms with van der Waals surface area (Å²) in [4.78, 5) is 11.7. The fourth-order valence-electron chi connectivity index (χ4n) is 1.48. The van der Waals surface area contributed by atoms with Gasteiger partial charge in [-0.05, 0) is 12.1 Å². The van der Waals surface area contributed by atoms with Crippen molar-refractivity contribution in [2.75, 3.05) is 6.67 Å². The number of amides is 1. The van der Waals surface area contributed by atoms with Gasteiger partial charge >= 0.3 is 0 Å². The molecule has 1 heterocycles. The summed E-state index contributed by atoms with van der Waals surface area (Å²) < 4.78 is 13.5. The van der Waals surface area contributed by atoms with Crippen LogP contribution >= 0.6 is 0 Å². The zero-order valence-corrected chi connectivity index (χ0v) is 9.71. The molecular formula is C12H13FN4O. The number of alkyl halides is 1. The maximum absolute atomic E-state index is 12.1. The van der Waals surface area contributed by atoms with Crippen LogP contribution < -0.4 is 5.32 Å². The maximum Gasteiger partial charge on any atom is 0.251 e. The van der Waals surface area contributed by atoms with E-state index in [2.05, 4.69) is 15.6 Å². The average molecular weight is 247 g/mol. The quantitative estimate of drug-likeness (QED) is 0.863. The molecule has 2 rings (SSSR count). The Morgan fingerprint density at radius 3 is 2.83 bits per heavy atom. The molecule has 94 valence electrons. The van der Waals surface area contributed by atoms with E-state index in [1.54, 1.807) is 30.5 Å². The number of carbonyl (C=O) groups excluding carboxylic acids is 1. The van der Waals surface area contributed by atoms with Gasteiger partial charge in [-0.15, -0.1) is 5.10 Å². The zero-order valence-electron chi connectivity index (χ0n) is 9.71. The molecule has 1 aromatic carbocycles. The molecule has 1 aromatic heterocycles. The number of aromatic nitrogens is 3. The summed E-state index contributed by atoms with van der Waals surface area (Å²) in [6, 6.07) is 8.91. The summed E-state index contributed by atoms with van der Waals surface area (Å²) in [5.74, 6) is -0.171. The predicted molar refractivity (Wildman–Crippen MR) is 63.6 cm³/mol. The Hall–Kier alpha value is -2.24. The van der Waals surface area contributed by atoms with Crippen molar-refractivity contribution >= 4 is 5.91 Å². The second-order valence-electron chi connectivity index (χ2n) is 3.71. The Balaban J connectivity index is 1.89. The lowest BCUT2D eigenvalue weighted by atomic mass is 10.2. The average Bonchev–Trinajstić information content (AvgIpc) is 2.85. The van der Waals surface area contributed by atoms with Crippen molar-refractivity contribution in [3.05, 3.63) is 47.8 Å². The molecular weight excluding hydrogens is 234 g/mol. The van der Waals surface area contributed by atoms with Crippen LogP contribution in [0.5, 0.6) is 0 Å². The number of halogens is 1. The second kappa shape index (κ2) is 5.90. The van der Waals surface area contributed by atoms with Crippen molar-refractivity contribution < 1.29 is 9.18 Å². The topological polar surface area (TPSA) is 59.8 Å². The monoisotopic (exact) mass is 247 g/mol. The third-order valence-electron chi connectivity index (χ3n) is 2.37. The fraction of sp³-hybridized carbons (Fsp3) is 0.250. The molecule has 0 saturated carbocycles. The third-order valence-corrected chi connectivity index (χ3v) is 2.37. The van der Waals surface area contributed by atoms with Crippen LogP contribution in [-0.4, -0.2) is 27.6 Å². The number of carbonyl (C=O) groups is 1. The van der Waals surface area contributed by atoms with Gasteiger partial charge < -0.3 is 5.32 Å². The van der Waals surface area contributed by atoms with E-state index in [4.69, 9.17) is 0 Å². The predicted octanol–water partition coefficient (Wildman–Crippen LogP) is 1.18. The van der Waals surface area contributed by atoms with E-state index < -0.39 is 6.67 Å². The number of aryl methyl sites for hydroxylation is 1. The number of benzene rings is 1. The first kappa shape index (κ1) is 12.2. The molecule has 0 aliphatic carbocycles. The van der Waals surface area contributed by atoms with Crippen LogP contribution in [0.4, 0.5) is 4.39 Å². The van der Waals surface area contributed by atoms with Gasteiger partial charge in [0.2, 0.25) is 0 Å². The molecule has 18 heavy (non-hydrogen) atoms. The molecule has 1 amide bonds. The lowest BCUT2D eigenvalue weighted by molar-refractivity contribution is 0.0950. The van der Waals surface area contributed by atoms with E-state index in [1.807, 2.05) is 6.07 Å².